The molecule has 1 aromatic heterocycles. The number of benzene rings is 4. The lowest BCUT2D eigenvalue weighted by molar-refractivity contribution is 1.54. The molecule has 0 amide bonds. The largest absolute Gasteiger partial charge is 0.355 e. The summed E-state index contributed by atoms with van der Waals surface area (Å²) in [6, 6.07) is 37.4. The third-order valence-corrected chi connectivity index (χ3v) is 9.45. The van der Waals surface area contributed by atoms with Crippen molar-refractivity contribution in [1.82, 2.24) is 4.98 Å². The normalized spacial score (nSPS) is 15.5. The van der Waals surface area contributed by atoms with Crippen LogP contribution in [-0.4, -0.2) is 13.1 Å². The topological polar surface area (TPSA) is 15.8 Å². The Hall–Kier alpha value is -3.62. The predicted molar refractivity (Wildman–Crippen MR) is 141 cm³/mol. The first kappa shape index (κ1) is 19.1. The van der Waals surface area contributed by atoms with Gasteiger partial charge in [0.15, 0.2) is 0 Å². The summed E-state index contributed by atoms with van der Waals surface area (Å²) in [5.41, 5.74) is 11.7. The van der Waals surface area contributed by atoms with Crippen molar-refractivity contribution in [2.24, 2.45) is 0 Å². The van der Waals surface area contributed by atoms with Crippen molar-refractivity contribution < 1.29 is 0 Å². The lowest BCUT2D eigenvalue weighted by atomic mass is 9.91. The van der Waals surface area contributed by atoms with Gasteiger partial charge in [-0.1, -0.05) is 104 Å². The summed E-state index contributed by atoms with van der Waals surface area (Å²) in [6.07, 6.45) is 0. The zero-order valence-corrected chi connectivity index (χ0v) is 19.4. The number of hydrogen-bond donors (Lipinski definition) is 1. The molecule has 1 N–H and O–H groups in total. The van der Waals surface area contributed by atoms with Crippen LogP contribution in [0.1, 0.15) is 16.7 Å². The SMILES string of the molecule is C[Si]1(C)C=C(c2ccccc2)C(c2ccccc2)=C1c1ccc2[nH]c3ccccc3c2c1. The number of para-hydroxylation sites is 1. The molecule has 0 bridgehead atoms. The van der Waals surface area contributed by atoms with Crippen LogP contribution in [0.4, 0.5) is 0 Å². The number of aromatic amines is 1. The molecule has 2 heteroatoms. The van der Waals surface area contributed by atoms with Gasteiger partial charge < -0.3 is 4.98 Å². The molecule has 0 atom stereocenters. The van der Waals surface area contributed by atoms with E-state index < -0.39 is 8.07 Å². The number of aromatic nitrogens is 1. The average molecular weight is 428 g/mol. The Bertz CT molecular complexity index is 1520. The van der Waals surface area contributed by atoms with Crippen molar-refractivity contribution in [3.8, 4) is 0 Å². The molecule has 6 rings (SSSR count). The lowest BCUT2D eigenvalue weighted by Gasteiger charge is -2.21. The predicted octanol–water partition coefficient (Wildman–Crippen LogP) is 8.12. The van der Waals surface area contributed by atoms with E-state index >= 15 is 0 Å². The van der Waals surface area contributed by atoms with Gasteiger partial charge in [0.1, 0.15) is 8.07 Å². The molecule has 0 saturated heterocycles. The lowest BCUT2D eigenvalue weighted by Crippen LogP contribution is -2.23. The fourth-order valence-corrected chi connectivity index (χ4v) is 8.23. The van der Waals surface area contributed by atoms with Crippen molar-refractivity contribution in [3.05, 3.63) is 126 Å². The van der Waals surface area contributed by atoms with E-state index in [0.717, 1.165) is 0 Å². The van der Waals surface area contributed by atoms with Gasteiger partial charge in [-0.25, -0.2) is 0 Å². The smallest absolute Gasteiger partial charge is 0.106 e. The molecule has 0 radical (unpaired) electrons. The zero-order valence-electron chi connectivity index (χ0n) is 18.4. The first-order chi connectivity index (χ1) is 15.6. The summed E-state index contributed by atoms with van der Waals surface area (Å²) in [5, 5.41) is 4.12. The molecular formula is C30H25NSi. The fraction of sp³-hybridized carbons (Fsp3) is 0.0667. The highest BCUT2D eigenvalue weighted by Gasteiger charge is 2.36. The maximum atomic E-state index is 3.58. The third kappa shape index (κ3) is 2.99. The number of rotatable bonds is 3. The van der Waals surface area contributed by atoms with Crippen LogP contribution < -0.4 is 0 Å². The third-order valence-electron chi connectivity index (χ3n) is 6.61. The maximum absolute atomic E-state index is 3.58. The van der Waals surface area contributed by atoms with E-state index in [1.54, 1.807) is 0 Å². The van der Waals surface area contributed by atoms with Crippen molar-refractivity contribution in [2.45, 2.75) is 13.1 Å². The molecule has 0 aliphatic carbocycles. The van der Waals surface area contributed by atoms with Gasteiger partial charge in [-0.3, -0.25) is 0 Å². The second-order valence-electron chi connectivity index (χ2n) is 9.19. The van der Waals surface area contributed by atoms with Gasteiger partial charge in [0, 0.05) is 21.8 Å². The van der Waals surface area contributed by atoms with Crippen LogP contribution in [-0.2, 0) is 0 Å². The first-order valence-electron chi connectivity index (χ1n) is 11.2. The van der Waals surface area contributed by atoms with Crippen LogP contribution in [0.5, 0.6) is 0 Å². The van der Waals surface area contributed by atoms with Crippen LogP contribution in [0.25, 0.3) is 38.1 Å². The summed E-state index contributed by atoms with van der Waals surface area (Å²) < 4.78 is 0. The molecule has 0 spiro atoms. The minimum atomic E-state index is -1.83. The average Bonchev–Trinajstić information content (AvgIpc) is 3.34. The van der Waals surface area contributed by atoms with Crippen molar-refractivity contribution in [2.75, 3.05) is 0 Å². The van der Waals surface area contributed by atoms with E-state index in [-0.39, 0.29) is 0 Å². The second kappa shape index (κ2) is 7.22. The van der Waals surface area contributed by atoms with Crippen LogP contribution in [0.2, 0.25) is 13.1 Å². The van der Waals surface area contributed by atoms with E-state index in [0.29, 0.717) is 0 Å². The summed E-state index contributed by atoms with van der Waals surface area (Å²) in [6.45, 7) is 4.95. The van der Waals surface area contributed by atoms with Gasteiger partial charge >= 0.3 is 0 Å². The quantitative estimate of drug-likeness (QED) is 0.280. The maximum Gasteiger partial charge on any atom is 0.106 e. The molecule has 1 nitrogen and oxygen atoms in total. The highest BCUT2D eigenvalue weighted by molar-refractivity contribution is 7.02. The van der Waals surface area contributed by atoms with Crippen LogP contribution >= 0.6 is 0 Å². The highest BCUT2D eigenvalue weighted by atomic mass is 28.3. The minimum Gasteiger partial charge on any atom is -0.355 e. The van der Waals surface area contributed by atoms with Gasteiger partial charge in [0.2, 0.25) is 0 Å². The molecule has 1 aliphatic rings. The molecule has 32 heavy (non-hydrogen) atoms. The van der Waals surface area contributed by atoms with E-state index in [9.17, 15) is 0 Å². The molecule has 4 aromatic carbocycles. The van der Waals surface area contributed by atoms with E-state index in [4.69, 9.17) is 0 Å². The van der Waals surface area contributed by atoms with E-state index in [2.05, 4.69) is 127 Å². The van der Waals surface area contributed by atoms with Crippen molar-refractivity contribution in [1.29, 1.82) is 0 Å². The van der Waals surface area contributed by atoms with Gasteiger partial charge in [-0.05, 0) is 51.2 Å². The van der Waals surface area contributed by atoms with Crippen LogP contribution in [0.15, 0.2) is 109 Å². The molecule has 0 fully saturated rings. The van der Waals surface area contributed by atoms with Crippen molar-refractivity contribution in [3.63, 3.8) is 0 Å². The van der Waals surface area contributed by atoms with Crippen molar-refractivity contribution >= 4 is 46.2 Å². The Labute approximate surface area is 189 Å². The molecule has 2 heterocycles. The van der Waals surface area contributed by atoms with E-state index in [1.165, 1.54) is 54.8 Å². The molecule has 1 aliphatic heterocycles. The standard InChI is InChI=1S/C30H25NSi/c1-32(2)20-26(21-11-5-3-6-12-21)29(22-13-7-4-8-14-22)30(32)23-17-18-28-25(19-23)24-15-9-10-16-27(24)31-28/h3-20,31H,1-2H3. The van der Waals surface area contributed by atoms with Gasteiger partial charge in [-0.2, -0.15) is 0 Å². The van der Waals surface area contributed by atoms with Gasteiger partial charge in [0.05, 0.1) is 0 Å². The molecular weight excluding hydrogens is 402 g/mol. The number of allylic oxidation sites excluding steroid dienone is 2. The van der Waals surface area contributed by atoms with E-state index in [1.807, 2.05) is 0 Å². The molecule has 5 aromatic rings. The minimum absolute atomic E-state index is 1.20. The molecule has 0 unspecified atom stereocenters. The summed E-state index contributed by atoms with van der Waals surface area (Å²) >= 11 is 0. The number of nitrogens with one attached hydrogen (secondary N) is 1. The second-order valence-corrected chi connectivity index (χ2v) is 13.4. The monoisotopic (exact) mass is 427 g/mol. The highest BCUT2D eigenvalue weighted by Crippen LogP contribution is 2.48. The Morgan fingerprint density at radius 2 is 1.19 bits per heavy atom. The Morgan fingerprint density at radius 3 is 1.94 bits per heavy atom. The molecule has 0 saturated carbocycles. The Morgan fingerprint density at radius 1 is 0.562 bits per heavy atom. The van der Waals surface area contributed by atoms with Crippen LogP contribution in [0, 0.1) is 0 Å². The first-order valence-corrected chi connectivity index (χ1v) is 14.3. The summed E-state index contributed by atoms with van der Waals surface area (Å²) in [4.78, 5) is 3.58. The zero-order chi connectivity index (χ0) is 21.7. The Kier molecular flexibility index (Phi) is 4.31. The number of H-pyrrole nitrogens is 1. The molecule has 154 valence electrons. The fourth-order valence-electron chi connectivity index (χ4n) is 5.23. The van der Waals surface area contributed by atoms with Gasteiger partial charge in [-0.15, -0.1) is 0 Å². The summed E-state index contributed by atoms with van der Waals surface area (Å²) in [5.74, 6) is 0. The number of fused-ring (bicyclic) bond motifs is 3. The Balaban J connectivity index is 1.65. The summed E-state index contributed by atoms with van der Waals surface area (Å²) in [7, 11) is -1.83. The number of hydrogen-bond acceptors (Lipinski definition) is 0. The van der Waals surface area contributed by atoms with Gasteiger partial charge in [0.25, 0.3) is 0 Å². The van der Waals surface area contributed by atoms with Crippen LogP contribution in [0.3, 0.4) is 0 Å².